The molecule has 6 amide bonds. The van der Waals surface area contributed by atoms with Crippen molar-refractivity contribution in [3.63, 3.8) is 0 Å². The van der Waals surface area contributed by atoms with E-state index in [1.54, 1.807) is 27.9 Å². The SMILES string of the molecule is CN[C@@H](C)C(=O)N[C@@H](CCc1ccccc1)C(=O)N1CCC[C@@H]1CN(CCc1ccccc1)C(=O)c1ccc(-c2ccc(C(=O)N(CCc3ccccc3)C[C@@H]3CCCN3C(=O)[C@H](CCc3ccccc3)NC(=O)[C@H](C)NC)cc2)cc1. The molecule has 14 nitrogen and oxygen atoms in total. The first-order chi connectivity index (χ1) is 39.9. The summed E-state index contributed by atoms with van der Waals surface area (Å²) in [4.78, 5) is 92.5. The summed E-state index contributed by atoms with van der Waals surface area (Å²) in [6, 6.07) is 52.4. The molecule has 0 spiro atoms. The molecule has 0 radical (unpaired) electrons. The summed E-state index contributed by atoms with van der Waals surface area (Å²) in [6.45, 7) is 6.24. The molecule has 6 aromatic rings. The largest absolute Gasteiger partial charge is 0.343 e. The average molecular weight is 1110 g/mol. The van der Waals surface area contributed by atoms with E-state index >= 15 is 0 Å². The number of hydrogen-bond acceptors (Lipinski definition) is 8. The highest BCUT2D eigenvalue weighted by molar-refractivity contribution is 5.96. The average Bonchev–Trinajstić information content (AvgIpc) is 4.38. The van der Waals surface area contributed by atoms with Crippen molar-refractivity contribution in [3.8, 4) is 11.1 Å². The lowest BCUT2D eigenvalue weighted by Gasteiger charge is -2.33. The lowest BCUT2D eigenvalue weighted by atomic mass is 10.0. The number of carbonyl (C=O) groups excluding carboxylic acids is 6. The van der Waals surface area contributed by atoms with Crippen molar-refractivity contribution in [2.24, 2.45) is 0 Å². The summed E-state index contributed by atoms with van der Waals surface area (Å²) in [7, 11) is 3.44. The molecule has 0 unspecified atom stereocenters. The van der Waals surface area contributed by atoms with Gasteiger partial charge in [0.1, 0.15) is 12.1 Å². The molecule has 0 aliphatic carbocycles. The van der Waals surface area contributed by atoms with Crippen LogP contribution in [0, 0.1) is 0 Å². The molecule has 0 bridgehead atoms. The Hall–Kier alpha value is -7.94. The Morgan fingerprint density at radius 3 is 1.09 bits per heavy atom. The van der Waals surface area contributed by atoms with Gasteiger partial charge in [-0.05, 0) is 150 Å². The van der Waals surface area contributed by atoms with Crippen molar-refractivity contribution in [2.75, 3.05) is 53.4 Å². The van der Waals surface area contributed by atoms with Gasteiger partial charge in [0, 0.05) is 62.5 Å². The third-order valence-corrected chi connectivity index (χ3v) is 16.4. The fraction of sp³-hybridized carbons (Fsp3) is 0.382. The van der Waals surface area contributed by atoms with Crippen LogP contribution in [0.3, 0.4) is 0 Å². The van der Waals surface area contributed by atoms with Crippen molar-refractivity contribution in [1.29, 1.82) is 0 Å². The lowest BCUT2D eigenvalue weighted by molar-refractivity contribution is -0.138. The minimum absolute atomic E-state index is 0.128. The van der Waals surface area contributed by atoms with E-state index in [2.05, 4.69) is 45.5 Å². The van der Waals surface area contributed by atoms with Crippen LogP contribution in [0.5, 0.6) is 0 Å². The molecule has 6 aromatic carbocycles. The zero-order valence-corrected chi connectivity index (χ0v) is 48.2. The van der Waals surface area contributed by atoms with Crippen LogP contribution in [0.25, 0.3) is 11.1 Å². The first-order valence-corrected chi connectivity index (χ1v) is 29.4. The minimum Gasteiger partial charge on any atom is -0.343 e. The van der Waals surface area contributed by atoms with Crippen molar-refractivity contribution in [1.82, 2.24) is 40.9 Å². The van der Waals surface area contributed by atoms with Gasteiger partial charge in [-0.25, -0.2) is 0 Å². The predicted molar refractivity (Wildman–Crippen MR) is 324 cm³/mol. The Morgan fingerprint density at radius 2 is 0.768 bits per heavy atom. The maximum Gasteiger partial charge on any atom is 0.253 e. The highest BCUT2D eigenvalue weighted by Gasteiger charge is 2.38. The Kier molecular flexibility index (Phi) is 22.2. The number of aryl methyl sites for hydroxylation is 2. The second-order valence-corrected chi connectivity index (χ2v) is 22.0. The van der Waals surface area contributed by atoms with E-state index in [1.807, 2.05) is 165 Å². The van der Waals surface area contributed by atoms with Gasteiger partial charge in [-0.15, -0.1) is 0 Å². The zero-order chi connectivity index (χ0) is 57.8. The van der Waals surface area contributed by atoms with Gasteiger partial charge in [-0.1, -0.05) is 146 Å². The van der Waals surface area contributed by atoms with Gasteiger partial charge in [-0.2, -0.15) is 0 Å². The smallest absolute Gasteiger partial charge is 0.253 e. The maximum absolute atomic E-state index is 14.7. The first-order valence-electron chi connectivity index (χ1n) is 29.4. The van der Waals surface area contributed by atoms with E-state index in [0.29, 0.717) is 88.9 Å². The molecule has 4 N–H and O–H groups in total. The van der Waals surface area contributed by atoms with Gasteiger partial charge in [0.2, 0.25) is 23.6 Å². The van der Waals surface area contributed by atoms with Gasteiger partial charge in [0.15, 0.2) is 0 Å². The second-order valence-electron chi connectivity index (χ2n) is 22.0. The number of nitrogens with one attached hydrogen (secondary N) is 4. The number of amides is 6. The molecule has 0 aromatic heterocycles. The minimum atomic E-state index is -0.722. The zero-order valence-electron chi connectivity index (χ0n) is 48.2. The molecular formula is C68H82N8O6. The maximum atomic E-state index is 14.7. The fourth-order valence-electron chi connectivity index (χ4n) is 11.2. The highest BCUT2D eigenvalue weighted by atomic mass is 16.2. The Labute approximate surface area is 485 Å². The molecular weight excluding hydrogens is 1020 g/mol. The number of benzene rings is 6. The molecule has 8 rings (SSSR count). The Bertz CT molecular complexity index is 2800. The number of nitrogens with zero attached hydrogens (tertiary/aromatic N) is 4. The van der Waals surface area contributed by atoms with E-state index in [1.165, 1.54) is 0 Å². The van der Waals surface area contributed by atoms with Crippen LogP contribution in [-0.2, 0) is 44.9 Å². The standard InChI is InChI=1S/C68H82N8O6/c1-49(69-3)63(77)71-61(39-29-51-19-9-5-10-20-51)67(81)75-43-17-27-59(75)47-73(45-41-53-23-13-7-14-24-53)65(79)57-35-31-55(32-36-57)56-33-37-58(38-34-56)66(80)74(46-42-54-25-15-8-16-26-54)48-60-28-18-44-76(60)68(82)62(72-64(78)50(2)70-4)40-30-52-21-11-6-12-22-52/h5-16,19-26,31-38,49-50,59-62,69-70H,17-18,27-30,39-48H2,1-4H3,(H,71,77)(H,72,78)/t49-,50-,59-,60+,61-,62-/m0/s1. The lowest BCUT2D eigenvalue weighted by Crippen LogP contribution is -2.55. The summed E-state index contributed by atoms with van der Waals surface area (Å²) in [5.41, 5.74) is 7.21. The van der Waals surface area contributed by atoms with Crippen LogP contribution in [-0.4, -0.2) is 145 Å². The molecule has 2 heterocycles. The van der Waals surface area contributed by atoms with Crippen molar-refractivity contribution < 1.29 is 28.8 Å². The van der Waals surface area contributed by atoms with Gasteiger partial charge in [-0.3, -0.25) is 28.8 Å². The monoisotopic (exact) mass is 1110 g/mol. The summed E-state index contributed by atoms with van der Waals surface area (Å²) >= 11 is 0. The van der Waals surface area contributed by atoms with E-state index in [-0.39, 0.29) is 47.5 Å². The topological polar surface area (TPSA) is 163 Å². The van der Waals surface area contributed by atoms with Crippen LogP contribution in [0.4, 0.5) is 0 Å². The summed E-state index contributed by atoms with van der Waals surface area (Å²) < 4.78 is 0. The molecule has 2 aliphatic rings. The number of likely N-dealkylation sites (N-methyl/N-ethyl adjacent to an activating group) is 2. The summed E-state index contributed by atoms with van der Waals surface area (Å²) in [6.07, 6.45) is 6.49. The van der Waals surface area contributed by atoms with Crippen LogP contribution >= 0.6 is 0 Å². The quantitative estimate of drug-likeness (QED) is 0.0402. The first kappa shape index (κ1) is 60.2. The third-order valence-electron chi connectivity index (χ3n) is 16.4. The van der Waals surface area contributed by atoms with Gasteiger partial charge in [0.25, 0.3) is 11.8 Å². The number of rotatable bonds is 27. The fourth-order valence-corrected chi connectivity index (χ4v) is 11.2. The number of likely N-dealkylation sites (tertiary alicyclic amines) is 2. The molecule has 2 fully saturated rings. The highest BCUT2D eigenvalue weighted by Crippen LogP contribution is 2.27. The van der Waals surface area contributed by atoms with Crippen molar-refractivity contribution >= 4 is 35.4 Å². The van der Waals surface area contributed by atoms with Crippen molar-refractivity contribution in [3.05, 3.63) is 203 Å². The van der Waals surface area contributed by atoms with Crippen LogP contribution in [0.2, 0.25) is 0 Å². The van der Waals surface area contributed by atoms with Gasteiger partial charge < -0.3 is 40.9 Å². The molecule has 14 heteroatoms. The second kappa shape index (κ2) is 30.2. The molecule has 0 saturated carbocycles. The Morgan fingerprint density at radius 1 is 0.451 bits per heavy atom. The number of hydrogen-bond donors (Lipinski definition) is 4. The van der Waals surface area contributed by atoms with Gasteiger partial charge >= 0.3 is 0 Å². The van der Waals surface area contributed by atoms with Gasteiger partial charge in [0.05, 0.1) is 12.1 Å². The van der Waals surface area contributed by atoms with E-state index in [0.717, 1.165) is 59.1 Å². The van der Waals surface area contributed by atoms with E-state index < -0.39 is 24.2 Å². The predicted octanol–water partition coefficient (Wildman–Crippen LogP) is 8.16. The van der Waals surface area contributed by atoms with E-state index in [4.69, 9.17) is 0 Å². The van der Waals surface area contributed by atoms with Crippen LogP contribution < -0.4 is 21.3 Å². The molecule has 82 heavy (non-hydrogen) atoms. The van der Waals surface area contributed by atoms with Crippen molar-refractivity contribution in [2.45, 2.75) is 114 Å². The molecule has 6 atom stereocenters. The third kappa shape index (κ3) is 16.6. The summed E-state index contributed by atoms with van der Waals surface area (Å²) in [5.74, 6) is -0.990. The summed E-state index contributed by atoms with van der Waals surface area (Å²) in [5, 5.41) is 12.1. The molecule has 2 aliphatic heterocycles. The van der Waals surface area contributed by atoms with Crippen LogP contribution in [0.1, 0.15) is 95.3 Å². The van der Waals surface area contributed by atoms with Crippen LogP contribution in [0.15, 0.2) is 170 Å². The number of carbonyl (C=O) groups is 6. The molecule has 2 saturated heterocycles. The van der Waals surface area contributed by atoms with E-state index in [9.17, 15) is 28.8 Å². The Balaban J connectivity index is 0.965. The molecule has 430 valence electrons. The normalized spacial score (nSPS) is 16.4.